The molecule has 3 aromatic rings. The van der Waals surface area contributed by atoms with E-state index in [2.05, 4.69) is 39.1 Å². The van der Waals surface area contributed by atoms with E-state index in [-0.39, 0.29) is 12.0 Å². The van der Waals surface area contributed by atoms with Gasteiger partial charge in [0, 0.05) is 54.8 Å². The summed E-state index contributed by atoms with van der Waals surface area (Å²) in [7, 11) is 1.89. The first kappa shape index (κ1) is 21.3. The third kappa shape index (κ3) is 3.70. The van der Waals surface area contributed by atoms with Crippen LogP contribution in [0.4, 0.5) is 17.5 Å². The van der Waals surface area contributed by atoms with Gasteiger partial charge in [-0.2, -0.15) is 5.10 Å². The highest BCUT2D eigenvalue weighted by atomic mass is 16.5. The van der Waals surface area contributed by atoms with Crippen molar-refractivity contribution in [3.05, 3.63) is 46.1 Å². The summed E-state index contributed by atoms with van der Waals surface area (Å²) in [5.74, 6) is 2.99. The summed E-state index contributed by atoms with van der Waals surface area (Å²) in [4.78, 5) is 20.1. The zero-order chi connectivity index (χ0) is 23.1. The van der Waals surface area contributed by atoms with E-state index in [4.69, 9.17) is 20.1 Å². The van der Waals surface area contributed by atoms with Gasteiger partial charge in [-0.15, -0.1) is 0 Å². The maximum atomic E-state index is 8.24. The molecule has 2 aliphatic rings. The smallest absolute Gasteiger partial charge is 0.160 e. The fourth-order valence-electron chi connectivity index (χ4n) is 4.54. The maximum absolute atomic E-state index is 8.24. The highest BCUT2D eigenvalue weighted by Crippen LogP contribution is 2.31. The summed E-state index contributed by atoms with van der Waals surface area (Å²) in [6.07, 6.45) is 5.05. The molecule has 0 spiro atoms. The molecule has 0 amide bonds. The van der Waals surface area contributed by atoms with Crippen LogP contribution in [0.3, 0.4) is 0 Å². The van der Waals surface area contributed by atoms with Crippen LogP contribution in [-0.4, -0.2) is 63.3 Å². The number of hydrogen-bond acceptors (Lipinski definition) is 8. The fourth-order valence-corrected chi connectivity index (χ4v) is 4.54. The number of hydrogen-bond donors (Lipinski definition) is 3. The first-order valence-corrected chi connectivity index (χ1v) is 11.2. The van der Waals surface area contributed by atoms with Crippen molar-refractivity contribution in [1.82, 2.24) is 24.7 Å². The van der Waals surface area contributed by atoms with E-state index in [0.717, 1.165) is 33.5 Å². The molecule has 3 aromatic heterocycles. The second-order valence-corrected chi connectivity index (χ2v) is 8.71. The Balaban J connectivity index is 1.75. The van der Waals surface area contributed by atoms with Gasteiger partial charge in [0.05, 0.1) is 31.0 Å². The minimum Gasteiger partial charge on any atom is -0.377 e. The number of rotatable bonds is 5. The Labute approximate surface area is 191 Å². The number of aromatic amines is 1. The van der Waals surface area contributed by atoms with Gasteiger partial charge in [0.15, 0.2) is 5.82 Å². The molecule has 0 aliphatic carbocycles. The van der Waals surface area contributed by atoms with E-state index in [1.165, 1.54) is 6.21 Å². The van der Waals surface area contributed by atoms with Gasteiger partial charge in [0.2, 0.25) is 0 Å². The molecule has 5 heterocycles. The molecular weight excluding hydrogens is 418 g/mol. The number of ether oxygens (including phenoxy) is 1. The lowest BCUT2D eigenvalue weighted by atomic mass is 9.96. The van der Waals surface area contributed by atoms with Crippen molar-refractivity contribution in [3.63, 3.8) is 0 Å². The summed E-state index contributed by atoms with van der Waals surface area (Å²) >= 11 is 0. The molecule has 1 unspecified atom stereocenters. The number of nitrogens with one attached hydrogen (secondary N) is 3. The van der Waals surface area contributed by atoms with Crippen LogP contribution in [0.1, 0.15) is 30.8 Å². The first-order valence-electron chi connectivity index (χ1n) is 11.2. The molecule has 2 atom stereocenters. The summed E-state index contributed by atoms with van der Waals surface area (Å²) in [6.45, 7) is 8.89. The largest absolute Gasteiger partial charge is 0.377 e. The predicted octanol–water partition coefficient (Wildman–Crippen LogP) is 1.28. The highest BCUT2D eigenvalue weighted by Gasteiger charge is 2.28. The van der Waals surface area contributed by atoms with E-state index in [9.17, 15) is 0 Å². The van der Waals surface area contributed by atoms with Gasteiger partial charge >= 0.3 is 0 Å². The van der Waals surface area contributed by atoms with Crippen LogP contribution in [-0.2, 0) is 11.8 Å². The average Bonchev–Trinajstić information content (AvgIpc) is 3.41. The zero-order valence-electron chi connectivity index (χ0n) is 19.4. The van der Waals surface area contributed by atoms with Gasteiger partial charge in [-0.25, -0.2) is 9.97 Å². The topological polar surface area (TPSA) is 120 Å². The van der Waals surface area contributed by atoms with Crippen molar-refractivity contribution in [3.8, 4) is 0 Å². The summed E-state index contributed by atoms with van der Waals surface area (Å²) in [5, 5.41) is 17.1. The lowest BCUT2D eigenvalue weighted by molar-refractivity contribution is 0.0985. The van der Waals surface area contributed by atoms with Gasteiger partial charge in [-0.3, -0.25) is 9.67 Å². The molecule has 1 fully saturated rings. The van der Waals surface area contributed by atoms with Crippen LogP contribution in [0.25, 0.3) is 5.57 Å². The minimum absolute atomic E-state index is 0.137. The van der Waals surface area contributed by atoms with Crippen molar-refractivity contribution < 1.29 is 4.74 Å². The monoisotopic (exact) mass is 447 g/mol. The lowest BCUT2D eigenvalue weighted by Crippen LogP contribution is -2.45. The van der Waals surface area contributed by atoms with Gasteiger partial charge in [0.25, 0.3) is 0 Å². The van der Waals surface area contributed by atoms with E-state index in [0.29, 0.717) is 43.5 Å². The number of anilines is 3. The standard InChI is InChI=1S/C23H29N9O/c1-13-10-26-19-16(5-6-25-19)18(13)21-28-20(29-22-14(2)11-27-31(22)4)17(9-24)23(30-21)32-7-8-33-12-15(32)3/h5-6,9,11,13,15,24H,7-8,10,12H2,1-4H3,(H,25,26)(H,28,29,30)/t13?,15-/m1/s1. The molecule has 2 aliphatic heterocycles. The molecule has 172 valence electrons. The Hall–Kier alpha value is -3.53. The normalized spacial score (nSPS) is 20.4. The van der Waals surface area contributed by atoms with Crippen LogP contribution < -0.4 is 20.9 Å². The summed E-state index contributed by atoms with van der Waals surface area (Å²) < 4.78 is 7.44. The second kappa shape index (κ2) is 8.43. The Morgan fingerprint density at radius 2 is 2.15 bits per heavy atom. The Kier molecular flexibility index (Phi) is 5.45. The van der Waals surface area contributed by atoms with Crippen molar-refractivity contribution >= 4 is 29.2 Å². The SMILES string of the molecule is Cc1cnn(C)c1Nc1nc(C2=c3cc[nH]c3=NCC2C)nc(N2CCOC[C@H]2C)c1C=N. The van der Waals surface area contributed by atoms with Crippen LogP contribution in [0, 0.1) is 18.3 Å². The van der Waals surface area contributed by atoms with Crippen LogP contribution >= 0.6 is 0 Å². The number of H-pyrrole nitrogens is 1. The molecular formula is C23H29N9O. The average molecular weight is 448 g/mol. The molecule has 1 saturated heterocycles. The third-order valence-electron chi connectivity index (χ3n) is 6.34. The number of nitrogens with zero attached hydrogens (tertiary/aromatic N) is 6. The fraction of sp³-hybridized carbons (Fsp3) is 0.435. The molecule has 10 heteroatoms. The maximum Gasteiger partial charge on any atom is 0.160 e. The summed E-state index contributed by atoms with van der Waals surface area (Å²) in [5.41, 5.74) is 3.57. The predicted molar refractivity (Wildman–Crippen MR) is 127 cm³/mol. The van der Waals surface area contributed by atoms with Crippen LogP contribution in [0.2, 0.25) is 0 Å². The van der Waals surface area contributed by atoms with E-state index < -0.39 is 0 Å². The summed E-state index contributed by atoms with van der Waals surface area (Å²) in [6, 6.07) is 2.17. The quantitative estimate of drug-likeness (QED) is 0.507. The van der Waals surface area contributed by atoms with Crippen LogP contribution in [0.15, 0.2) is 23.5 Å². The third-order valence-corrected chi connectivity index (χ3v) is 6.34. The van der Waals surface area contributed by atoms with Gasteiger partial charge in [-0.05, 0) is 19.9 Å². The molecule has 0 radical (unpaired) electrons. The lowest BCUT2D eigenvalue weighted by Gasteiger charge is -2.35. The van der Waals surface area contributed by atoms with Crippen molar-refractivity contribution in [2.24, 2.45) is 18.0 Å². The zero-order valence-corrected chi connectivity index (χ0v) is 19.4. The van der Waals surface area contributed by atoms with Crippen molar-refractivity contribution in [2.45, 2.75) is 26.8 Å². The second-order valence-electron chi connectivity index (χ2n) is 8.71. The molecule has 0 aromatic carbocycles. The van der Waals surface area contributed by atoms with Crippen molar-refractivity contribution in [2.75, 3.05) is 36.5 Å². The van der Waals surface area contributed by atoms with E-state index >= 15 is 0 Å². The number of morpholine rings is 1. The van der Waals surface area contributed by atoms with E-state index in [1.54, 1.807) is 4.68 Å². The van der Waals surface area contributed by atoms with Crippen molar-refractivity contribution in [1.29, 1.82) is 5.41 Å². The number of fused-ring (bicyclic) bond motifs is 1. The Morgan fingerprint density at radius 3 is 2.88 bits per heavy atom. The Bertz CT molecular complexity index is 1300. The highest BCUT2D eigenvalue weighted by molar-refractivity contribution is 5.93. The molecule has 10 nitrogen and oxygen atoms in total. The Morgan fingerprint density at radius 1 is 1.30 bits per heavy atom. The van der Waals surface area contributed by atoms with Gasteiger partial charge in [0.1, 0.15) is 22.9 Å². The number of aryl methyl sites for hydroxylation is 2. The molecule has 0 bridgehead atoms. The minimum atomic E-state index is 0.137. The molecule has 5 rings (SSSR count). The molecule has 0 saturated carbocycles. The van der Waals surface area contributed by atoms with Crippen LogP contribution in [0.5, 0.6) is 0 Å². The molecule has 3 N–H and O–H groups in total. The molecule has 33 heavy (non-hydrogen) atoms. The van der Waals surface area contributed by atoms with Gasteiger partial charge < -0.3 is 25.3 Å². The number of aromatic nitrogens is 5. The first-order chi connectivity index (χ1) is 16.0. The van der Waals surface area contributed by atoms with Gasteiger partial charge in [-0.1, -0.05) is 6.92 Å². The van der Waals surface area contributed by atoms with E-state index in [1.807, 2.05) is 32.4 Å².